The molecule has 0 unspecified atom stereocenters. The van der Waals surface area contributed by atoms with E-state index in [0.717, 1.165) is 11.1 Å². The minimum Gasteiger partial charge on any atom is -0.506 e. The summed E-state index contributed by atoms with van der Waals surface area (Å²) in [7, 11) is 0. The fraction of sp³-hybridized carbons (Fsp3) is 0.200. The molecule has 0 aliphatic heterocycles. The van der Waals surface area contributed by atoms with Gasteiger partial charge >= 0.3 is 0 Å². The minimum absolute atomic E-state index is 0.0621. The SMILES string of the molecule is CC(C)(C)c1ccc(O)c(NC(=S)NC(=O)/C=C/c2ccccc2)c1. The number of thiocarbonyl (C=S) groups is 1. The molecule has 25 heavy (non-hydrogen) atoms. The Bertz CT molecular complexity index is 793. The molecule has 0 radical (unpaired) electrons. The highest BCUT2D eigenvalue weighted by atomic mass is 32.1. The molecule has 2 aromatic rings. The summed E-state index contributed by atoms with van der Waals surface area (Å²) in [6.07, 6.45) is 3.12. The highest BCUT2D eigenvalue weighted by molar-refractivity contribution is 7.80. The minimum atomic E-state index is -0.340. The topological polar surface area (TPSA) is 61.4 Å². The first-order chi connectivity index (χ1) is 11.8. The van der Waals surface area contributed by atoms with E-state index in [1.165, 1.54) is 6.08 Å². The van der Waals surface area contributed by atoms with Gasteiger partial charge in [0, 0.05) is 6.08 Å². The fourth-order valence-electron chi connectivity index (χ4n) is 2.15. The molecule has 4 nitrogen and oxygen atoms in total. The average Bonchev–Trinajstić information content (AvgIpc) is 2.55. The number of aromatic hydroxyl groups is 1. The monoisotopic (exact) mass is 354 g/mol. The number of benzene rings is 2. The van der Waals surface area contributed by atoms with Crippen LogP contribution in [-0.4, -0.2) is 16.1 Å². The smallest absolute Gasteiger partial charge is 0.250 e. The van der Waals surface area contributed by atoms with Gasteiger partial charge < -0.3 is 10.4 Å². The number of nitrogens with one attached hydrogen (secondary N) is 2. The maximum absolute atomic E-state index is 11.9. The summed E-state index contributed by atoms with van der Waals surface area (Å²) in [5, 5.41) is 15.6. The van der Waals surface area contributed by atoms with E-state index < -0.39 is 0 Å². The van der Waals surface area contributed by atoms with Gasteiger partial charge in [-0.1, -0.05) is 57.2 Å². The van der Waals surface area contributed by atoms with Crippen LogP contribution in [0.3, 0.4) is 0 Å². The standard InChI is InChI=1S/C20H22N2O2S/c1-20(2,3)15-10-11-17(23)16(13-15)21-19(25)22-18(24)12-9-14-7-5-4-6-8-14/h4-13,23H,1-3H3,(H2,21,22,24,25)/b12-9+. The zero-order chi connectivity index (χ0) is 18.4. The van der Waals surface area contributed by atoms with Gasteiger partial charge in [0.2, 0.25) is 5.91 Å². The lowest BCUT2D eigenvalue weighted by atomic mass is 9.87. The number of anilines is 1. The molecule has 5 heteroatoms. The predicted molar refractivity (Wildman–Crippen MR) is 107 cm³/mol. The average molecular weight is 354 g/mol. The van der Waals surface area contributed by atoms with Crippen molar-refractivity contribution >= 4 is 35.0 Å². The van der Waals surface area contributed by atoms with Gasteiger partial charge in [-0.15, -0.1) is 0 Å². The van der Waals surface area contributed by atoms with E-state index >= 15 is 0 Å². The maximum Gasteiger partial charge on any atom is 0.250 e. The number of rotatable bonds is 3. The van der Waals surface area contributed by atoms with Crippen LogP contribution in [0.25, 0.3) is 6.08 Å². The fourth-order valence-corrected chi connectivity index (χ4v) is 2.36. The second-order valence-corrected chi connectivity index (χ2v) is 7.08. The molecule has 0 bridgehead atoms. The van der Waals surface area contributed by atoms with Gasteiger partial charge in [-0.3, -0.25) is 10.1 Å². The quantitative estimate of drug-likeness (QED) is 0.439. The van der Waals surface area contributed by atoms with Crippen LogP contribution in [0.2, 0.25) is 0 Å². The third-order valence-electron chi connectivity index (χ3n) is 3.57. The van der Waals surface area contributed by atoms with Crippen molar-refractivity contribution in [3.05, 3.63) is 65.7 Å². The molecule has 130 valence electrons. The maximum atomic E-state index is 11.9. The van der Waals surface area contributed by atoms with Crippen LogP contribution < -0.4 is 10.6 Å². The summed E-state index contributed by atoms with van der Waals surface area (Å²) in [4.78, 5) is 11.9. The second-order valence-electron chi connectivity index (χ2n) is 6.67. The Hall–Kier alpha value is -2.66. The molecule has 0 saturated carbocycles. The molecular weight excluding hydrogens is 332 g/mol. The van der Waals surface area contributed by atoms with Gasteiger partial charge in [0.05, 0.1) is 5.69 Å². The third kappa shape index (κ3) is 5.72. The summed E-state index contributed by atoms with van der Waals surface area (Å²) in [6, 6.07) is 14.8. The Kier molecular flexibility index (Phi) is 5.93. The molecule has 2 rings (SSSR count). The lowest BCUT2D eigenvalue weighted by Crippen LogP contribution is -2.32. The first-order valence-electron chi connectivity index (χ1n) is 7.94. The van der Waals surface area contributed by atoms with Crippen LogP contribution in [0, 0.1) is 0 Å². The lowest BCUT2D eigenvalue weighted by molar-refractivity contribution is -0.115. The first-order valence-corrected chi connectivity index (χ1v) is 8.35. The molecule has 2 aromatic carbocycles. The summed E-state index contributed by atoms with van der Waals surface area (Å²) in [5.41, 5.74) is 2.37. The summed E-state index contributed by atoms with van der Waals surface area (Å²) < 4.78 is 0. The van der Waals surface area contributed by atoms with E-state index in [9.17, 15) is 9.90 Å². The zero-order valence-electron chi connectivity index (χ0n) is 14.5. The van der Waals surface area contributed by atoms with Crippen LogP contribution in [-0.2, 0) is 10.2 Å². The number of phenolic OH excluding ortho intramolecular Hbond substituents is 1. The van der Waals surface area contributed by atoms with Crippen molar-refractivity contribution in [3.63, 3.8) is 0 Å². The first kappa shape index (κ1) is 18.7. The Balaban J connectivity index is 2.00. The van der Waals surface area contributed by atoms with Crippen molar-refractivity contribution in [2.24, 2.45) is 0 Å². The Labute approximate surface area is 153 Å². The molecule has 1 amide bonds. The third-order valence-corrected chi connectivity index (χ3v) is 3.78. The van der Waals surface area contributed by atoms with Gasteiger partial charge in [0.1, 0.15) is 5.75 Å². The van der Waals surface area contributed by atoms with E-state index in [4.69, 9.17) is 12.2 Å². The van der Waals surface area contributed by atoms with Crippen molar-refractivity contribution in [3.8, 4) is 5.75 Å². The summed E-state index contributed by atoms with van der Waals surface area (Å²) in [5.74, 6) is -0.266. The molecule has 0 aromatic heterocycles. The van der Waals surface area contributed by atoms with Gasteiger partial charge in [-0.2, -0.15) is 0 Å². The van der Waals surface area contributed by atoms with Crippen molar-refractivity contribution in [2.45, 2.75) is 26.2 Å². The van der Waals surface area contributed by atoms with E-state index in [2.05, 4.69) is 31.4 Å². The number of carbonyl (C=O) groups is 1. The highest BCUT2D eigenvalue weighted by Gasteiger charge is 2.16. The Morgan fingerprint density at radius 2 is 1.80 bits per heavy atom. The molecular formula is C20H22N2O2S. The van der Waals surface area contributed by atoms with Crippen molar-refractivity contribution in [2.75, 3.05) is 5.32 Å². The van der Waals surface area contributed by atoms with Crippen LogP contribution in [0.5, 0.6) is 5.75 Å². The summed E-state index contributed by atoms with van der Waals surface area (Å²) >= 11 is 5.15. The molecule has 3 N–H and O–H groups in total. The van der Waals surface area contributed by atoms with E-state index in [1.807, 2.05) is 42.5 Å². The molecule has 0 atom stereocenters. The number of hydrogen-bond acceptors (Lipinski definition) is 3. The number of phenols is 1. The van der Waals surface area contributed by atoms with Gasteiger partial charge in [0.15, 0.2) is 5.11 Å². The zero-order valence-corrected chi connectivity index (χ0v) is 15.4. The van der Waals surface area contributed by atoms with Crippen LogP contribution in [0.4, 0.5) is 5.69 Å². The number of carbonyl (C=O) groups excluding carboxylic acids is 1. The van der Waals surface area contributed by atoms with Gasteiger partial charge in [-0.25, -0.2) is 0 Å². The molecule has 0 aliphatic rings. The van der Waals surface area contributed by atoms with Crippen molar-refractivity contribution in [1.82, 2.24) is 5.32 Å². The van der Waals surface area contributed by atoms with E-state index in [0.29, 0.717) is 5.69 Å². The van der Waals surface area contributed by atoms with Gasteiger partial charge in [-0.05, 0) is 47.0 Å². The highest BCUT2D eigenvalue weighted by Crippen LogP contribution is 2.30. The number of hydrogen-bond donors (Lipinski definition) is 3. The summed E-state index contributed by atoms with van der Waals surface area (Å²) in [6.45, 7) is 6.24. The van der Waals surface area contributed by atoms with E-state index in [1.54, 1.807) is 12.1 Å². The molecule has 0 aliphatic carbocycles. The van der Waals surface area contributed by atoms with Gasteiger partial charge in [0.25, 0.3) is 0 Å². The van der Waals surface area contributed by atoms with E-state index in [-0.39, 0.29) is 22.2 Å². The number of amides is 1. The van der Waals surface area contributed by atoms with Crippen LogP contribution >= 0.6 is 12.2 Å². The van der Waals surface area contributed by atoms with Crippen molar-refractivity contribution in [1.29, 1.82) is 0 Å². The molecule has 0 fully saturated rings. The predicted octanol–water partition coefficient (Wildman–Crippen LogP) is 4.22. The largest absolute Gasteiger partial charge is 0.506 e. The Morgan fingerprint density at radius 3 is 2.44 bits per heavy atom. The molecule has 0 heterocycles. The molecule has 0 spiro atoms. The van der Waals surface area contributed by atoms with Crippen LogP contribution in [0.1, 0.15) is 31.9 Å². The lowest BCUT2D eigenvalue weighted by Gasteiger charge is -2.20. The second kappa shape index (κ2) is 7.94. The Morgan fingerprint density at radius 1 is 1.12 bits per heavy atom. The van der Waals surface area contributed by atoms with Crippen molar-refractivity contribution < 1.29 is 9.90 Å². The normalized spacial score (nSPS) is 11.3. The van der Waals surface area contributed by atoms with Crippen LogP contribution in [0.15, 0.2) is 54.6 Å². The molecule has 0 saturated heterocycles.